The first-order valence-corrected chi connectivity index (χ1v) is 5.47. The van der Waals surface area contributed by atoms with E-state index in [9.17, 15) is 9.59 Å². The fraction of sp³-hybridized carbons (Fsp3) is 0.300. The molecule has 2 unspecified atom stereocenters. The number of hydrogen-bond donors (Lipinski definition) is 0. The van der Waals surface area contributed by atoms with Crippen molar-refractivity contribution in [2.45, 2.75) is 6.42 Å². The molecule has 4 nitrogen and oxygen atoms in total. The average Bonchev–Trinajstić information content (AvgIpc) is 2.92. The Labute approximate surface area is 94.4 Å². The van der Waals surface area contributed by atoms with Gasteiger partial charge in [0.2, 0.25) is 11.8 Å². The van der Waals surface area contributed by atoms with E-state index in [1.807, 2.05) is 0 Å². The van der Waals surface area contributed by atoms with Gasteiger partial charge in [0, 0.05) is 10.7 Å². The average molecular weight is 267 g/mol. The Kier molecular flexibility index (Phi) is 1.74. The first-order valence-electron chi connectivity index (χ1n) is 4.68. The maximum Gasteiger partial charge on any atom is 0.238 e. The van der Waals surface area contributed by atoms with Gasteiger partial charge in [-0.15, -0.1) is 0 Å². The smallest absolute Gasteiger partial charge is 0.238 e. The second kappa shape index (κ2) is 2.88. The molecule has 0 spiro atoms. The van der Waals surface area contributed by atoms with Crippen LogP contribution in [-0.2, 0) is 9.59 Å². The highest BCUT2D eigenvalue weighted by molar-refractivity contribution is 9.10. The van der Waals surface area contributed by atoms with Crippen molar-refractivity contribution in [2.75, 3.05) is 4.90 Å². The zero-order chi connectivity index (χ0) is 10.6. The predicted octanol–water partition coefficient (Wildman–Crippen LogP) is 1.35. The van der Waals surface area contributed by atoms with Gasteiger partial charge in [0.25, 0.3) is 0 Å². The SMILES string of the molecule is O=C1C2CC2C(=O)N1c1cc(Br)ccn1. The molecule has 1 saturated heterocycles. The van der Waals surface area contributed by atoms with E-state index >= 15 is 0 Å². The van der Waals surface area contributed by atoms with E-state index in [0.29, 0.717) is 5.82 Å². The summed E-state index contributed by atoms with van der Waals surface area (Å²) in [5.41, 5.74) is 0. The summed E-state index contributed by atoms with van der Waals surface area (Å²) in [6.07, 6.45) is 2.30. The first kappa shape index (κ1) is 9.03. The maximum atomic E-state index is 11.7. The minimum atomic E-state index is -0.101. The molecule has 1 aromatic heterocycles. The summed E-state index contributed by atoms with van der Waals surface area (Å²) in [6, 6.07) is 3.44. The van der Waals surface area contributed by atoms with Gasteiger partial charge in [-0.3, -0.25) is 9.59 Å². The lowest BCUT2D eigenvalue weighted by molar-refractivity contribution is -0.123. The Hall–Kier alpha value is -1.23. The van der Waals surface area contributed by atoms with Gasteiger partial charge in [-0.1, -0.05) is 15.9 Å². The summed E-state index contributed by atoms with van der Waals surface area (Å²) >= 11 is 3.29. The maximum absolute atomic E-state index is 11.7. The van der Waals surface area contributed by atoms with Crippen LogP contribution < -0.4 is 4.90 Å². The number of hydrogen-bond acceptors (Lipinski definition) is 3. The van der Waals surface area contributed by atoms with E-state index in [4.69, 9.17) is 0 Å². The number of rotatable bonds is 1. The quantitative estimate of drug-likeness (QED) is 0.722. The van der Waals surface area contributed by atoms with Crippen molar-refractivity contribution in [3.8, 4) is 0 Å². The zero-order valence-corrected chi connectivity index (χ0v) is 9.27. The molecule has 1 aliphatic carbocycles. The number of anilines is 1. The molecule has 0 aromatic carbocycles. The number of nitrogens with zero attached hydrogens (tertiary/aromatic N) is 2. The van der Waals surface area contributed by atoms with E-state index in [1.165, 1.54) is 4.90 Å². The van der Waals surface area contributed by atoms with Crippen LogP contribution >= 0.6 is 15.9 Å². The number of aromatic nitrogens is 1. The largest absolute Gasteiger partial charge is 0.274 e. The van der Waals surface area contributed by atoms with E-state index in [0.717, 1.165) is 10.9 Å². The molecule has 2 fully saturated rings. The fourth-order valence-electron chi connectivity index (χ4n) is 1.92. The molecule has 2 heterocycles. The molecule has 76 valence electrons. The normalized spacial score (nSPS) is 28.2. The zero-order valence-electron chi connectivity index (χ0n) is 7.68. The van der Waals surface area contributed by atoms with Crippen LogP contribution in [0.3, 0.4) is 0 Å². The van der Waals surface area contributed by atoms with Gasteiger partial charge in [-0.25, -0.2) is 9.88 Å². The second-order valence-electron chi connectivity index (χ2n) is 3.79. The number of amides is 2. The molecular formula is C10H7BrN2O2. The van der Waals surface area contributed by atoms with Crippen LogP contribution in [0.5, 0.6) is 0 Å². The van der Waals surface area contributed by atoms with Crippen LogP contribution in [0.4, 0.5) is 5.82 Å². The number of piperidine rings is 1. The molecule has 2 atom stereocenters. The van der Waals surface area contributed by atoms with Crippen molar-refractivity contribution in [1.82, 2.24) is 4.98 Å². The summed E-state index contributed by atoms with van der Waals surface area (Å²) in [5.74, 6) is 0.0781. The van der Waals surface area contributed by atoms with Crippen molar-refractivity contribution in [1.29, 1.82) is 0 Å². The number of carbonyl (C=O) groups excluding carboxylic acids is 2. The van der Waals surface area contributed by atoms with Crippen molar-refractivity contribution >= 4 is 33.6 Å². The van der Waals surface area contributed by atoms with Crippen LogP contribution in [0.1, 0.15) is 6.42 Å². The van der Waals surface area contributed by atoms with Gasteiger partial charge in [-0.2, -0.15) is 0 Å². The lowest BCUT2D eigenvalue weighted by atomic mass is 10.4. The Morgan fingerprint density at radius 1 is 1.33 bits per heavy atom. The van der Waals surface area contributed by atoms with E-state index in [-0.39, 0.29) is 23.7 Å². The van der Waals surface area contributed by atoms with Gasteiger partial charge in [0.1, 0.15) is 5.82 Å². The van der Waals surface area contributed by atoms with Crippen LogP contribution in [0.25, 0.3) is 0 Å². The molecule has 1 aromatic rings. The minimum absolute atomic E-state index is 0.0710. The highest BCUT2D eigenvalue weighted by Gasteiger charge is 2.59. The van der Waals surface area contributed by atoms with E-state index in [1.54, 1.807) is 18.3 Å². The van der Waals surface area contributed by atoms with Crippen molar-refractivity contribution < 1.29 is 9.59 Å². The highest BCUT2D eigenvalue weighted by Crippen LogP contribution is 2.48. The minimum Gasteiger partial charge on any atom is -0.274 e. The van der Waals surface area contributed by atoms with Gasteiger partial charge in [0.05, 0.1) is 11.8 Å². The van der Waals surface area contributed by atoms with E-state index < -0.39 is 0 Å². The third-order valence-electron chi connectivity index (χ3n) is 2.80. The molecule has 3 rings (SSSR count). The van der Waals surface area contributed by atoms with Gasteiger partial charge >= 0.3 is 0 Å². The van der Waals surface area contributed by atoms with Crippen LogP contribution in [0.2, 0.25) is 0 Å². The number of carbonyl (C=O) groups is 2. The molecular weight excluding hydrogens is 260 g/mol. The Bertz CT molecular complexity index is 454. The number of fused-ring (bicyclic) bond motifs is 1. The Balaban J connectivity index is 2.01. The number of imide groups is 1. The molecule has 2 amide bonds. The summed E-state index contributed by atoms with van der Waals surface area (Å²) < 4.78 is 0.814. The fourth-order valence-corrected chi connectivity index (χ4v) is 2.25. The number of pyridine rings is 1. The first-order chi connectivity index (χ1) is 7.18. The van der Waals surface area contributed by atoms with Crippen LogP contribution in [0, 0.1) is 11.8 Å². The molecule has 5 heteroatoms. The van der Waals surface area contributed by atoms with Gasteiger partial charge in [0.15, 0.2) is 0 Å². The molecule has 0 N–H and O–H groups in total. The molecule has 0 bridgehead atoms. The summed E-state index contributed by atoms with van der Waals surface area (Å²) in [6.45, 7) is 0. The van der Waals surface area contributed by atoms with E-state index in [2.05, 4.69) is 20.9 Å². The lowest BCUT2D eigenvalue weighted by Crippen LogP contribution is -2.33. The van der Waals surface area contributed by atoms with Crippen molar-refractivity contribution in [3.05, 3.63) is 22.8 Å². The monoisotopic (exact) mass is 266 g/mol. The molecule has 0 radical (unpaired) electrons. The van der Waals surface area contributed by atoms with Gasteiger partial charge < -0.3 is 0 Å². The van der Waals surface area contributed by atoms with Crippen LogP contribution in [-0.4, -0.2) is 16.8 Å². The summed E-state index contributed by atoms with van der Waals surface area (Å²) in [5, 5.41) is 0. The molecule has 1 saturated carbocycles. The topological polar surface area (TPSA) is 50.3 Å². The van der Waals surface area contributed by atoms with Crippen molar-refractivity contribution in [2.24, 2.45) is 11.8 Å². The Morgan fingerprint density at radius 3 is 2.60 bits per heavy atom. The van der Waals surface area contributed by atoms with Crippen molar-refractivity contribution in [3.63, 3.8) is 0 Å². The number of halogens is 1. The standard InChI is InChI=1S/C10H7BrN2O2/c11-5-1-2-12-8(3-5)13-9(14)6-4-7(6)10(13)15/h1-3,6-7H,4H2. The molecule has 15 heavy (non-hydrogen) atoms. The second-order valence-corrected chi connectivity index (χ2v) is 4.71. The highest BCUT2D eigenvalue weighted by atomic mass is 79.9. The molecule has 1 aliphatic heterocycles. The summed E-state index contributed by atoms with van der Waals surface area (Å²) in [7, 11) is 0. The summed E-state index contributed by atoms with van der Waals surface area (Å²) in [4.78, 5) is 28.7. The Morgan fingerprint density at radius 2 is 2.00 bits per heavy atom. The van der Waals surface area contributed by atoms with Crippen LogP contribution in [0.15, 0.2) is 22.8 Å². The predicted molar refractivity (Wildman–Crippen MR) is 56.0 cm³/mol. The van der Waals surface area contributed by atoms with Gasteiger partial charge in [-0.05, 0) is 18.6 Å². The molecule has 2 aliphatic rings. The third-order valence-corrected chi connectivity index (χ3v) is 3.30. The lowest BCUT2D eigenvalue weighted by Gasteiger charge is -2.14. The third kappa shape index (κ3) is 1.23.